The minimum absolute atomic E-state index is 0.520. The van der Waals surface area contributed by atoms with E-state index in [1.165, 1.54) is 32.1 Å². The van der Waals surface area contributed by atoms with Crippen molar-refractivity contribution in [3.05, 3.63) is 35.4 Å². The normalized spacial score (nSPS) is 30.4. The van der Waals surface area contributed by atoms with E-state index in [0.29, 0.717) is 6.04 Å². The van der Waals surface area contributed by atoms with Gasteiger partial charge in [-0.1, -0.05) is 44.0 Å². The van der Waals surface area contributed by atoms with Gasteiger partial charge in [-0.3, -0.25) is 11.3 Å². The number of hydrazine groups is 1. The third-order valence-corrected chi connectivity index (χ3v) is 4.94. The van der Waals surface area contributed by atoms with Gasteiger partial charge in [-0.15, -0.1) is 0 Å². The molecule has 4 atom stereocenters. The average molecular weight is 244 g/mol. The molecule has 0 amide bonds. The van der Waals surface area contributed by atoms with Crippen LogP contribution in [-0.4, -0.2) is 6.04 Å². The predicted molar refractivity (Wildman–Crippen MR) is 75.1 cm³/mol. The lowest BCUT2D eigenvalue weighted by atomic mass is 9.92. The first-order valence-corrected chi connectivity index (χ1v) is 7.40. The minimum Gasteiger partial charge on any atom is -0.271 e. The average Bonchev–Trinajstić information content (AvgIpc) is 3.15. The zero-order valence-corrected chi connectivity index (χ0v) is 11.2. The van der Waals surface area contributed by atoms with Crippen molar-refractivity contribution in [1.82, 2.24) is 5.43 Å². The van der Waals surface area contributed by atoms with Crippen molar-refractivity contribution in [3.8, 4) is 0 Å². The van der Waals surface area contributed by atoms with Crippen molar-refractivity contribution < 1.29 is 0 Å². The first-order chi connectivity index (χ1) is 8.86. The summed E-state index contributed by atoms with van der Waals surface area (Å²) in [5, 5.41) is 0. The number of benzene rings is 1. The second-order valence-corrected chi connectivity index (χ2v) is 5.92. The van der Waals surface area contributed by atoms with Gasteiger partial charge >= 0.3 is 0 Å². The lowest BCUT2D eigenvalue weighted by molar-refractivity contribution is 0.407. The summed E-state index contributed by atoms with van der Waals surface area (Å²) in [6.45, 7) is 2.25. The van der Waals surface area contributed by atoms with Crippen LogP contribution in [0.15, 0.2) is 24.3 Å². The Morgan fingerprint density at radius 3 is 3.00 bits per heavy atom. The van der Waals surface area contributed by atoms with E-state index in [1.807, 2.05) is 0 Å². The van der Waals surface area contributed by atoms with Crippen LogP contribution in [0.3, 0.4) is 0 Å². The Balaban J connectivity index is 1.75. The molecule has 0 heterocycles. The van der Waals surface area contributed by atoms with Crippen LogP contribution in [0.5, 0.6) is 0 Å². The fourth-order valence-electron chi connectivity index (χ4n) is 3.98. The van der Waals surface area contributed by atoms with Crippen molar-refractivity contribution in [3.63, 3.8) is 0 Å². The first kappa shape index (κ1) is 12.2. The number of fused-ring (bicyclic) bond motifs is 3. The van der Waals surface area contributed by atoms with Crippen molar-refractivity contribution >= 4 is 0 Å². The molecule has 0 spiro atoms. The molecule has 0 saturated heterocycles. The van der Waals surface area contributed by atoms with Gasteiger partial charge in [0.15, 0.2) is 0 Å². The maximum atomic E-state index is 5.78. The summed E-state index contributed by atoms with van der Waals surface area (Å²) in [6.07, 6.45) is 6.39. The lowest BCUT2D eigenvalue weighted by Gasteiger charge is -2.15. The van der Waals surface area contributed by atoms with E-state index < -0.39 is 0 Å². The molecule has 0 aliphatic heterocycles. The topological polar surface area (TPSA) is 38.0 Å². The molecule has 18 heavy (non-hydrogen) atoms. The van der Waals surface area contributed by atoms with Gasteiger partial charge in [0.1, 0.15) is 0 Å². The van der Waals surface area contributed by atoms with Crippen LogP contribution in [-0.2, 0) is 6.42 Å². The SMILES string of the molecule is CCCCC(NN)C1C2CCc3ccccc3C21. The van der Waals surface area contributed by atoms with Gasteiger partial charge in [0.2, 0.25) is 0 Å². The Labute approximate surface area is 110 Å². The van der Waals surface area contributed by atoms with Crippen LogP contribution in [0.2, 0.25) is 0 Å². The van der Waals surface area contributed by atoms with Gasteiger partial charge in [0.05, 0.1) is 0 Å². The predicted octanol–water partition coefficient (Wildman–Crippen LogP) is 2.98. The van der Waals surface area contributed by atoms with Crippen LogP contribution in [0, 0.1) is 11.8 Å². The fourth-order valence-corrected chi connectivity index (χ4v) is 3.98. The number of hydrogen-bond acceptors (Lipinski definition) is 2. The molecule has 1 saturated carbocycles. The van der Waals surface area contributed by atoms with Crippen LogP contribution in [0.1, 0.15) is 49.7 Å². The summed E-state index contributed by atoms with van der Waals surface area (Å²) in [6, 6.07) is 9.52. The highest BCUT2D eigenvalue weighted by Gasteiger charge is 2.55. The molecule has 2 heteroatoms. The van der Waals surface area contributed by atoms with Gasteiger partial charge in [-0.05, 0) is 48.1 Å². The second kappa shape index (κ2) is 5.02. The van der Waals surface area contributed by atoms with Gasteiger partial charge in [0, 0.05) is 6.04 Å². The molecule has 1 fully saturated rings. The summed E-state index contributed by atoms with van der Waals surface area (Å²) >= 11 is 0. The van der Waals surface area contributed by atoms with Crippen LogP contribution >= 0.6 is 0 Å². The number of hydrogen-bond donors (Lipinski definition) is 2. The number of nitrogens with one attached hydrogen (secondary N) is 1. The van der Waals surface area contributed by atoms with E-state index >= 15 is 0 Å². The number of unbranched alkanes of at least 4 members (excludes halogenated alkanes) is 1. The third-order valence-electron chi connectivity index (χ3n) is 4.94. The Morgan fingerprint density at radius 2 is 2.22 bits per heavy atom. The molecule has 0 bridgehead atoms. The Morgan fingerprint density at radius 1 is 1.39 bits per heavy atom. The highest BCUT2D eigenvalue weighted by Crippen LogP contribution is 2.61. The molecule has 2 aliphatic rings. The molecular formula is C16H24N2. The summed E-state index contributed by atoms with van der Waals surface area (Å²) in [5.74, 6) is 8.23. The summed E-state index contributed by atoms with van der Waals surface area (Å²) in [7, 11) is 0. The molecule has 98 valence electrons. The first-order valence-electron chi connectivity index (χ1n) is 7.40. The van der Waals surface area contributed by atoms with E-state index in [2.05, 4.69) is 36.6 Å². The second-order valence-electron chi connectivity index (χ2n) is 5.92. The van der Waals surface area contributed by atoms with Crippen molar-refractivity contribution in [2.24, 2.45) is 17.7 Å². The largest absolute Gasteiger partial charge is 0.271 e. The van der Waals surface area contributed by atoms with Crippen molar-refractivity contribution in [2.45, 2.75) is 51.0 Å². The molecule has 2 nitrogen and oxygen atoms in total. The molecule has 0 aromatic heterocycles. The molecule has 2 aliphatic carbocycles. The minimum atomic E-state index is 0.520. The monoisotopic (exact) mass is 244 g/mol. The van der Waals surface area contributed by atoms with Gasteiger partial charge in [-0.25, -0.2) is 0 Å². The van der Waals surface area contributed by atoms with E-state index in [4.69, 9.17) is 5.84 Å². The molecular weight excluding hydrogens is 220 g/mol. The summed E-state index contributed by atoms with van der Waals surface area (Å²) in [5.41, 5.74) is 6.27. The molecule has 0 radical (unpaired) electrons. The standard InChI is InChI=1S/C16H24N2/c1-2-3-8-14(18-17)16-13-10-9-11-6-4-5-7-12(11)15(13)16/h4-7,13-16,18H,2-3,8-10,17H2,1H3. The zero-order chi connectivity index (χ0) is 12.5. The molecule has 1 aromatic carbocycles. The summed E-state index contributed by atoms with van der Waals surface area (Å²) < 4.78 is 0. The highest BCUT2D eigenvalue weighted by atomic mass is 15.2. The Bertz CT molecular complexity index is 415. The quantitative estimate of drug-likeness (QED) is 0.617. The van der Waals surface area contributed by atoms with E-state index in [1.54, 1.807) is 11.1 Å². The third kappa shape index (κ3) is 1.98. The molecule has 3 rings (SSSR count). The van der Waals surface area contributed by atoms with Gasteiger partial charge < -0.3 is 0 Å². The molecule has 3 N–H and O–H groups in total. The van der Waals surface area contributed by atoms with Gasteiger partial charge in [-0.2, -0.15) is 0 Å². The fraction of sp³-hybridized carbons (Fsp3) is 0.625. The van der Waals surface area contributed by atoms with Crippen molar-refractivity contribution in [2.75, 3.05) is 0 Å². The Hall–Kier alpha value is -0.860. The number of rotatable bonds is 5. The van der Waals surface area contributed by atoms with Crippen molar-refractivity contribution in [1.29, 1.82) is 0 Å². The molecule has 4 unspecified atom stereocenters. The van der Waals surface area contributed by atoms with E-state index in [-0.39, 0.29) is 0 Å². The number of nitrogens with two attached hydrogens (primary N) is 1. The maximum absolute atomic E-state index is 5.78. The van der Waals surface area contributed by atoms with Crippen LogP contribution in [0.4, 0.5) is 0 Å². The highest BCUT2D eigenvalue weighted by molar-refractivity contribution is 5.40. The van der Waals surface area contributed by atoms with Crippen LogP contribution < -0.4 is 11.3 Å². The van der Waals surface area contributed by atoms with Gasteiger partial charge in [0.25, 0.3) is 0 Å². The maximum Gasteiger partial charge on any atom is 0.0247 e. The zero-order valence-electron chi connectivity index (χ0n) is 11.2. The summed E-state index contributed by atoms with van der Waals surface area (Å²) in [4.78, 5) is 0. The van der Waals surface area contributed by atoms with E-state index in [9.17, 15) is 0 Å². The molecule has 1 aromatic rings. The lowest BCUT2D eigenvalue weighted by Crippen LogP contribution is -2.37. The number of aryl methyl sites for hydroxylation is 1. The van der Waals surface area contributed by atoms with Crippen LogP contribution in [0.25, 0.3) is 0 Å². The Kier molecular flexibility index (Phi) is 3.40. The smallest absolute Gasteiger partial charge is 0.0247 e. The van der Waals surface area contributed by atoms with E-state index in [0.717, 1.165) is 17.8 Å².